The van der Waals surface area contributed by atoms with E-state index in [-0.39, 0.29) is 11.9 Å². The second kappa shape index (κ2) is 9.85. The predicted octanol–water partition coefficient (Wildman–Crippen LogP) is 1.33. The van der Waals surface area contributed by atoms with E-state index in [9.17, 15) is 9.59 Å². The van der Waals surface area contributed by atoms with Crippen molar-refractivity contribution in [2.75, 3.05) is 49.1 Å². The molecule has 35 heavy (non-hydrogen) atoms. The summed E-state index contributed by atoms with van der Waals surface area (Å²) in [5.74, 6) is 2.04. The Hall–Kier alpha value is -3.76. The lowest BCUT2D eigenvalue weighted by atomic mass is 10.1. The fraction of sp³-hybridized carbons (Fsp3) is 0.500. The second-order valence-corrected chi connectivity index (χ2v) is 8.91. The van der Waals surface area contributed by atoms with E-state index < -0.39 is 12.2 Å². The molecule has 5 heterocycles. The molecule has 11 nitrogen and oxygen atoms in total. The maximum Gasteiger partial charge on any atom is 0.328 e. The zero-order chi connectivity index (χ0) is 24.4. The fourth-order valence-corrected chi connectivity index (χ4v) is 4.79. The van der Waals surface area contributed by atoms with Crippen LogP contribution in [0.3, 0.4) is 0 Å². The number of nitrogens with zero attached hydrogens (tertiary/aromatic N) is 8. The number of aliphatic imine (C=N–C) groups is 1. The molecule has 2 aromatic heterocycles. The molecule has 5 rings (SSSR count). The molecule has 2 atom stereocenters. The minimum atomic E-state index is -0.561. The maximum absolute atomic E-state index is 13.0. The smallest absolute Gasteiger partial charge is 0.328 e. The quantitative estimate of drug-likeness (QED) is 0.636. The van der Waals surface area contributed by atoms with E-state index in [2.05, 4.69) is 30.1 Å². The molecule has 2 fully saturated rings. The van der Waals surface area contributed by atoms with Crippen LogP contribution in [0.1, 0.15) is 32.3 Å². The zero-order valence-corrected chi connectivity index (χ0v) is 20.2. The molecule has 0 aliphatic carbocycles. The lowest BCUT2D eigenvalue weighted by molar-refractivity contribution is -0.134. The first kappa shape index (κ1) is 23.0. The number of amidine groups is 1. The van der Waals surface area contributed by atoms with Gasteiger partial charge < -0.3 is 15.1 Å². The van der Waals surface area contributed by atoms with Gasteiger partial charge in [-0.2, -0.15) is 0 Å². The van der Waals surface area contributed by atoms with E-state index in [4.69, 9.17) is 4.99 Å². The van der Waals surface area contributed by atoms with Gasteiger partial charge in [0.15, 0.2) is 6.17 Å². The molecular weight excluding hydrogens is 446 g/mol. The van der Waals surface area contributed by atoms with E-state index in [1.54, 1.807) is 23.5 Å². The number of hydrogen-bond donors (Lipinski definition) is 1. The highest BCUT2D eigenvalue weighted by Crippen LogP contribution is 2.25. The molecule has 3 amide bonds. The number of aromatic nitrogens is 3. The van der Waals surface area contributed by atoms with Crippen LogP contribution in [-0.4, -0.2) is 94.0 Å². The summed E-state index contributed by atoms with van der Waals surface area (Å²) in [6, 6.07) is 4.96. The summed E-state index contributed by atoms with van der Waals surface area (Å²) in [5.41, 5.74) is 0.804. The largest absolute Gasteiger partial charge is 0.355 e. The summed E-state index contributed by atoms with van der Waals surface area (Å²) in [4.78, 5) is 51.5. The second-order valence-electron chi connectivity index (χ2n) is 8.91. The Kier molecular flexibility index (Phi) is 6.47. The molecule has 3 aliphatic heterocycles. The average Bonchev–Trinajstić information content (AvgIpc) is 3.35. The van der Waals surface area contributed by atoms with Gasteiger partial charge >= 0.3 is 6.03 Å². The molecule has 2 aromatic rings. The van der Waals surface area contributed by atoms with Gasteiger partial charge in [0.25, 0.3) is 5.91 Å². The number of anilines is 2. The number of imide groups is 1. The van der Waals surface area contributed by atoms with Gasteiger partial charge in [0.05, 0.1) is 0 Å². The van der Waals surface area contributed by atoms with Crippen molar-refractivity contribution in [1.29, 1.82) is 0 Å². The minimum absolute atomic E-state index is 0.210. The maximum atomic E-state index is 13.0. The topological polar surface area (TPSA) is 110 Å². The van der Waals surface area contributed by atoms with Crippen molar-refractivity contribution < 1.29 is 9.59 Å². The van der Waals surface area contributed by atoms with Gasteiger partial charge in [-0.05, 0) is 31.0 Å². The van der Waals surface area contributed by atoms with Crippen LogP contribution in [0.4, 0.5) is 16.6 Å². The highest BCUT2D eigenvalue weighted by Gasteiger charge is 2.49. The highest BCUT2D eigenvalue weighted by molar-refractivity contribution is 6.08. The van der Waals surface area contributed by atoms with Crippen LogP contribution in [0.2, 0.25) is 0 Å². The average molecular weight is 478 g/mol. The standard InChI is InChI=1S/C24H31N9O2/c1-3-10-32-21-19(22(34)33(11-4-2)24(32)35)28-20(29-21)17-6-7-18(27-16-17)30-12-14-31(15-13-30)23-25-8-5-9-26-23/h5-9,16,19,21H,3-4,10-15H2,1-2H3,(H,28,29). The Morgan fingerprint density at radius 1 is 0.943 bits per heavy atom. The van der Waals surface area contributed by atoms with Crippen molar-refractivity contribution in [2.24, 2.45) is 4.99 Å². The summed E-state index contributed by atoms with van der Waals surface area (Å²) in [7, 11) is 0. The Bertz CT molecular complexity index is 1080. The minimum Gasteiger partial charge on any atom is -0.355 e. The lowest BCUT2D eigenvalue weighted by Gasteiger charge is -2.40. The zero-order valence-electron chi connectivity index (χ0n) is 20.2. The van der Waals surface area contributed by atoms with Crippen molar-refractivity contribution in [3.05, 3.63) is 42.4 Å². The molecule has 0 bridgehead atoms. The molecule has 184 valence electrons. The normalized spacial score (nSPS) is 22.3. The molecule has 1 N–H and O–H groups in total. The molecular formula is C24H31N9O2. The number of nitrogens with one attached hydrogen (secondary N) is 1. The Labute approximate surface area is 204 Å². The molecule has 2 saturated heterocycles. The van der Waals surface area contributed by atoms with Crippen LogP contribution in [0.15, 0.2) is 41.8 Å². The number of pyridine rings is 1. The van der Waals surface area contributed by atoms with Crippen LogP contribution in [0.25, 0.3) is 0 Å². The lowest BCUT2D eigenvalue weighted by Crippen LogP contribution is -2.65. The number of urea groups is 1. The number of hydrogen-bond acceptors (Lipinski definition) is 9. The summed E-state index contributed by atoms with van der Waals surface area (Å²) in [6.45, 7) is 8.24. The first-order valence-electron chi connectivity index (χ1n) is 12.3. The van der Waals surface area contributed by atoms with E-state index in [1.165, 1.54) is 4.90 Å². The van der Waals surface area contributed by atoms with Crippen LogP contribution in [-0.2, 0) is 4.79 Å². The van der Waals surface area contributed by atoms with Gasteiger partial charge in [-0.25, -0.2) is 24.7 Å². The Morgan fingerprint density at radius 3 is 2.31 bits per heavy atom. The van der Waals surface area contributed by atoms with Crippen molar-refractivity contribution >= 4 is 29.5 Å². The third-order valence-electron chi connectivity index (χ3n) is 6.55. The Morgan fingerprint density at radius 2 is 1.66 bits per heavy atom. The number of rotatable bonds is 7. The molecule has 3 aliphatic rings. The number of amides is 3. The third kappa shape index (κ3) is 4.38. The number of fused-ring (bicyclic) bond motifs is 1. The summed E-state index contributed by atoms with van der Waals surface area (Å²) < 4.78 is 0. The molecule has 11 heteroatoms. The summed E-state index contributed by atoms with van der Waals surface area (Å²) >= 11 is 0. The molecule has 0 radical (unpaired) electrons. The Balaban J connectivity index is 1.28. The van der Waals surface area contributed by atoms with E-state index in [1.807, 2.05) is 32.0 Å². The number of carbonyl (C=O) groups excluding carboxylic acids is 2. The fourth-order valence-electron chi connectivity index (χ4n) is 4.79. The first-order chi connectivity index (χ1) is 17.1. The number of piperazine rings is 1. The number of carbonyl (C=O) groups is 2. The van der Waals surface area contributed by atoms with E-state index in [0.29, 0.717) is 18.9 Å². The van der Waals surface area contributed by atoms with Gasteiger partial charge in [0, 0.05) is 63.4 Å². The van der Waals surface area contributed by atoms with Crippen molar-refractivity contribution in [2.45, 2.75) is 38.9 Å². The van der Waals surface area contributed by atoms with Gasteiger partial charge in [-0.15, -0.1) is 0 Å². The van der Waals surface area contributed by atoms with Gasteiger partial charge in [0.2, 0.25) is 5.95 Å². The predicted molar refractivity (Wildman–Crippen MR) is 132 cm³/mol. The van der Waals surface area contributed by atoms with Crippen molar-refractivity contribution in [3.8, 4) is 0 Å². The van der Waals surface area contributed by atoms with Crippen LogP contribution >= 0.6 is 0 Å². The van der Waals surface area contributed by atoms with Crippen molar-refractivity contribution in [3.63, 3.8) is 0 Å². The third-order valence-corrected chi connectivity index (χ3v) is 6.55. The molecule has 0 saturated carbocycles. The highest BCUT2D eigenvalue weighted by atomic mass is 16.2. The summed E-state index contributed by atoms with van der Waals surface area (Å²) in [6.07, 6.45) is 6.31. The first-order valence-corrected chi connectivity index (χ1v) is 12.3. The molecule has 0 spiro atoms. The van der Waals surface area contributed by atoms with Gasteiger partial charge in [-0.3, -0.25) is 14.6 Å². The van der Waals surface area contributed by atoms with E-state index >= 15 is 0 Å². The van der Waals surface area contributed by atoms with Crippen LogP contribution < -0.4 is 15.1 Å². The van der Waals surface area contributed by atoms with Crippen LogP contribution in [0.5, 0.6) is 0 Å². The monoisotopic (exact) mass is 477 g/mol. The SMILES string of the molecule is CCCN1C(=O)C2NC(c3ccc(N4CCN(c5ncccn5)CC4)nc3)=NC2N(CCC)C1=O. The van der Waals surface area contributed by atoms with Gasteiger partial charge in [0.1, 0.15) is 17.7 Å². The van der Waals surface area contributed by atoms with Crippen molar-refractivity contribution in [1.82, 2.24) is 30.1 Å². The summed E-state index contributed by atoms with van der Waals surface area (Å²) in [5, 5.41) is 3.27. The molecule has 0 aromatic carbocycles. The van der Waals surface area contributed by atoms with E-state index in [0.717, 1.165) is 56.4 Å². The van der Waals surface area contributed by atoms with Crippen LogP contribution in [0, 0.1) is 0 Å². The molecule has 2 unspecified atom stereocenters. The van der Waals surface area contributed by atoms with Gasteiger partial charge in [-0.1, -0.05) is 13.8 Å².